The fourth-order valence-electron chi connectivity index (χ4n) is 1.56. The number of methoxy groups -OCH3 is 1. The largest absolute Gasteiger partial charge is 0.377 e. The standard InChI is InChI=1S/C14H23FN2O3S/c1-5-16-9-11-6-7-13(12(15)8-11)21(18,19)17-10-14(2,3)20-4/h6-8,16-17H,5,9-10H2,1-4H3. The molecule has 0 saturated carbocycles. The maximum atomic E-state index is 14.0. The van der Waals surface area contributed by atoms with Gasteiger partial charge in [-0.3, -0.25) is 0 Å². The van der Waals surface area contributed by atoms with Crippen molar-refractivity contribution in [3.63, 3.8) is 0 Å². The van der Waals surface area contributed by atoms with Gasteiger partial charge < -0.3 is 10.1 Å². The summed E-state index contributed by atoms with van der Waals surface area (Å²) in [5.74, 6) is -0.756. The van der Waals surface area contributed by atoms with Gasteiger partial charge in [-0.15, -0.1) is 0 Å². The Morgan fingerprint density at radius 1 is 1.33 bits per heavy atom. The summed E-state index contributed by atoms with van der Waals surface area (Å²) in [6.45, 7) is 6.74. The Balaban J connectivity index is 2.88. The number of hydrogen-bond acceptors (Lipinski definition) is 4. The van der Waals surface area contributed by atoms with Gasteiger partial charge in [0, 0.05) is 20.2 Å². The maximum Gasteiger partial charge on any atom is 0.243 e. The topological polar surface area (TPSA) is 67.4 Å². The SMILES string of the molecule is CCNCc1ccc(S(=O)(=O)NCC(C)(C)OC)c(F)c1. The van der Waals surface area contributed by atoms with Crippen LogP contribution in [0.1, 0.15) is 26.3 Å². The number of ether oxygens (including phenoxy) is 1. The van der Waals surface area contributed by atoms with Gasteiger partial charge in [0.2, 0.25) is 10.0 Å². The fraction of sp³-hybridized carbons (Fsp3) is 0.571. The molecule has 0 bridgehead atoms. The van der Waals surface area contributed by atoms with Gasteiger partial charge in [0.15, 0.2) is 0 Å². The number of benzene rings is 1. The lowest BCUT2D eigenvalue weighted by Gasteiger charge is -2.23. The zero-order chi connectivity index (χ0) is 16.1. The summed E-state index contributed by atoms with van der Waals surface area (Å²) in [5.41, 5.74) is 0.0414. The molecule has 0 atom stereocenters. The summed E-state index contributed by atoms with van der Waals surface area (Å²) < 4.78 is 45.7. The van der Waals surface area contributed by atoms with Crippen molar-refractivity contribution in [3.05, 3.63) is 29.6 Å². The van der Waals surface area contributed by atoms with Crippen LogP contribution in [0.5, 0.6) is 0 Å². The second-order valence-corrected chi connectivity index (χ2v) is 7.07. The quantitative estimate of drug-likeness (QED) is 0.765. The smallest absolute Gasteiger partial charge is 0.243 e. The molecule has 0 amide bonds. The highest BCUT2D eigenvalue weighted by atomic mass is 32.2. The van der Waals surface area contributed by atoms with E-state index in [4.69, 9.17) is 4.74 Å². The lowest BCUT2D eigenvalue weighted by atomic mass is 10.1. The van der Waals surface area contributed by atoms with Crippen LogP contribution in [0, 0.1) is 5.82 Å². The highest BCUT2D eigenvalue weighted by Crippen LogP contribution is 2.17. The molecule has 0 spiro atoms. The molecule has 1 aromatic carbocycles. The second-order valence-electron chi connectivity index (χ2n) is 5.33. The lowest BCUT2D eigenvalue weighted by Crippen LogP contribution is -2.39. The first-order chi connectivity index (χ1) is 9.72. The van der Waals surface area contributed by atoms with E-state index in [1.807, 2.05) is 6.92 Å². The van der Waals surface area contributed by atoms with E-state index < -0.39 is 21.4 Å². The van der Waals surface area contributed by atoms with E-state index in [2.05, 4.69) is 10.0 Å². The molecular formula is C14H23FN2O3S. The van der Waals surface area contributed by atoms with Gasteiger partial charge in [0.05, 0.1) is 5.60 Å². The van der Waals surface area contributed by atoms with Crippen molar-refractivity contribution in [1.29, 1.82) is 0 Å². The van der Waals surface area contributed by atoms with Gasteiger partial charge in [0.25, 0.3) is 0 Å². The molecule has 2 N–H and O–H groups in total. The van der Waals surface area contributed by atoms with E-state index in [1.165, 1.54) is 19.2 Å². The number of halogens is 1. The predicted molar refractivity (Wildman–Crippen MR) is 80.1 cm³/mol. The van der Waals surface area contributed by atoms with Crippen LogP contribution in [-0.2, 0) is 21.3 Å². The molecule has 0 radical (unpaired) electrons. The van der Waals surface area contributed by atoms with Crippen molar-refractivity contribution >= 4 is 10.0 Å². The molecule has 0 aromatic heterocycles. The van der Waals surface area contributed by atoms with Crippen molar-refractivity contribution < 1.29 is 17.5 Å². The van der Waals surface area contributed by atoms with Crippen LogP contribution in [0.25, 0.3) is 0 Å². The van der Waals surface area contributed by atoms with Gasteiger partial charge in [0.1, 0.15) is 10.7 Å². The molecule has 5 nitrogen and oxygen atoms in total. The third kappa shape index (κ3) is 5.35. The lowest BCUT2D eigenvalue weighted by molar-refractivity contribution is 0.0276. The molecule has 0 aliphatic heterocycles. The molecule has 1 aromatic rings. The molecule has 0 fully saturated rings. The maximum absolute atomic E-state index is 14.0. The van der Waals surface area contributed by atoms with Crippen molar-refractivity contribution in [2.24, 2.45) is 0 Å². The molecule has 0 aliphatic carbocycles. The molecule has 120 valence electrons. The second kappa shape index (κ2) is 7.31. The van der Waals surface area contributed by atoms with Crippen molar-refractivity contribution in [2.45, 2.75) is 37.8 Å². The zero-order valence-electron chi connectivity index (χ0n) is 12.9. The first-order valence-electron chi connectivity index (χ1n) is 6.76. The Morgan fingerprint density at radius 2 is 2.00 bits per heavy atom. The van der Waals surface area contributed by atoms with Gasteiger partial charge in [-0.1, -0.05) is 13.0 Å². The van der Waals surface area contributed by atoms with Gasteiger partial charge in [-0.25, -0.2) is 17.5 Å². The molecule has 7 heteroatoms. The molecule has 1 rings (SSSR count). The summed E-state index contributed by atoms with van der Waals surface area (Å²) in [7, 11) is -2.41. The summed E-state index contributed by atoms with van der Waals surface area (Å²) in [4.78, 5) is -0.352. The normalized spacial score (nSPS) is 12.6. The van der Waals surface area contributed by atoms with Gasteiger partial charge in [-0.2, -0.15) is 0 Å². The Morgan fingerprint density at radius 3 is 2.52 bits per heavy atom. The Bertz CT molecular complexity index is 574. The van der Waals surface area contributed by atoms with Gasteiger partial charge >= 0.3 is 0 Å². The first-order valence-corrected chi connectivity index (χ1v) is 8.24. The molecule has 0 heterocycles. The summed E-state index contributed by atoms with van der Waals surface area (Å²) in [6.07, 6.45) is 0. The molecular weight excluding hydrogens is 295 g/mol. The van der Waals surface area contributed by atoms with E-state index >= 15 is 0 Å². The minimum atomic E-state index is -3.90. The average Bonchev–Trinajstić information content (AvgIpc) is 2.43. The van der Waals surface area contributed by atoms with Crippen LogP contribution in [0.4, 0.5) is 4.39 Å². The van der Waals surface area contributed by atoms with Crippen LogP contribution in [0.3, 0.4) is 0 Å². The van der Waals surface area contributed by atoms with Crippen LogP contribution in [0.2, 0.25) is 0 Å². The van der Waals surface area contributed by atoms with Crippen LogP contribution >= 0.6 is 0 Å². The molecule has 0 aliphatic rings. The highest BCUT2D eigenvalue weighted by molar-refractivity contribution is 7.89. The van der Waals surface area contributed by atoms with Crippen LogP contribution in [0.15, 0.2) is 23.1 Å². The predicted octanol–water partition coefficient (Wildman–Crippen LogP) is 1.64. The van der Waals surface area contributed by atoms with E-state index in [1.54, 1.807) is 19.9 Å². The first kappa shape index (κ1) is 18.0. The number of sulfonamides is 1. The Hall–Kier alpha value is -1.02. The van der Waals surface area contributed by atoms with E-state index in [-0.39, 0.29) is 11.4 Å². The average molecular weight is 318 g/mol. The summed E-state index contributed by atoms with van der Waals surface area (Å²) in [5, 5.41) is 3.05. The summed E-state index contributed by atoms with van der Waals surface area (Å²) in [6, 6.07) is 4.12. The zero-order valence-corrected chi connectivity index (χ0v) is 13.7. The third-order valence-corrected chi connectivity index (χ3v) is 4.54. The highest BCUT2D eigenvalue weighted by Gasteiger charge is 2.24. The van der Waals surface area contributed by atoms with Crippen molar-refractivity contribution in [1.82, 2.24) is 10.0 Å². The fourth-order valence-corrected chi connectivity index (χ4v) is 2.82. The van der Waals surface area contributed by atoms with Crippen molar-refractivity contribution in [3.8, 4) is 0 Å². The number of hydrogen-bond donors (Lipinski definition) is 2. The van der Waals surface area contributed by atoms with E-state index in [0.29, 0.717) is 12.1 Å². The molecule has 21 heavy (non-hydrogen) atoms. The number of nitrogens with one attached hydrogen (secondary N) is 2. The van der Waals surface area contributed by atoms with Crippen LogP contribution in [-0.4, -0.2) is 34.2 Å². The molecule has 0 saturated heterocycles. The molecule has 0 unspecified atom stereocenters. The Kier molecular flexibility index (Phi) is 6.27. The number of rotatable bonds is 8. The minimum absolute atomic E-state index is 0.0599. The minimum Gasteiger partial charge on any atom is -0.377 e. The summed E-state index contributed by atoms with van der Waals surface area (Å²) >= 11 is 0. The Labute approximate surface area is 125 Å². The van der Waals surface area contributed by atoms with E-state index in [0.717, 1.165) is 6.54 Å². The van der Waals surface area contributed by atoms with Crippen molar-refractivity contribution in [2.75, 3.05) is 20.2 Å². The van der Waals surface area contributed by atoms with E-state index in [9.17, 15) is 12.8 Å². The van der Waals surface area contributed by atoms with Crippen LogP contribution < -0.4 is 10.0 Å². The monoisotopic (exact) mass is 318 g/mol. The van der Waals surface area contributed by atoms with Gasteiger partial charge in [-0.05, 0) is 38.1 Å². The third-order valence-electron chi connectivity index (χ3n) is 3.11.